The molecule has 1 N–H and O–H groups in total. The first-order valence-electron chi connectivity index (χ1n) is 11.0. The predicted molar refractivity (Wildman–Crippen MR) is 123 cm³/mol. The number of carbonyl (C=O) groups excluding carboxylic acids is 2. The molecule has 2 amide bonds. The van der Waals surface area contributed by atoms with Crippen LogP contribution < -0.4 is 10.1 Å². The lowest BCUT2D eigenvalue weighted by Crippen LogP contribution is -2.52. The lowest BCUT2D eigenvalue weighted by atomic mass is 10.1. The number of aryl methyl sites for hydroxylation is 1. The number of hydrogen-bond donors (Lipinski definition) is 1. The maximum absolute atomic E-state index is 13.3. The molecule has 5 nitrogen and oxygen atoms in total. The van der Waals surface area contributed by atoms with Crippen LogP contribution in [0.1, 0.15) is 50.2 Å². The van der Waals surface area contributed by atoms with Gasteiger partial charge in [-0.3, -0.25) is 9.59 Å². The van der Waals surface area contributed by atoms with E-state index in [0.29, 0.717) is 17.2 Å². The highest BCUT2D eigenvalue weighted by Crippen LogP contribution is 2.22. The Hall–Kier alpha value is -2.53. The SMILES string of the molecule is CC[C@@H](C(=O)NC1CCCC1)N(Cc1ccccc1Cl)C(=O)COc1ccccc1C. The molecule has 0 unspecified atom stereocenters. The second-order valence-corrected chi connectivity index (χ2v) is 8.49. The van der Waals surface area contributed by atoms with Crippen LogP contribution in [0.15, 0.2) is 48.5 Å². The van der Waals surface area contributed by atoms with Gasteiger partial charge in [0.15, 0.2) is 6.61 Å². The smallest absolute Gasteiger partial charge is 0.261 e. The second-order valence-electron chi connectivity index (χ2n) is 8.08. The molecule has 2 aromatic carbocycles. The van der Waals surface area contributed by atoms with Gasteiger partial charge in [0, 0.05) is 17.6 Å². The number of halogens is 1. The number of ether oxygens (including phenoxy) is 1. The Labute approximate surface area is 189 Å². The highest BCUT2D eigenvalue weighted by molar-refractivity contribution is 6.31. The standard InChI is InChI=1S/C25H31ClN2O3/c1-3-22(25(30)27-20-12-6-7-13-20)28(16-19-11-5-8-14-21(19)26)24(29)17-31-23-15-9-4-10-18(23)2/h4-5,8-11,14-15,20,22H,3,6-7,12-13,16-17H2,1-2H3,(H,27,30)/t22-/m0/s1. The Bertz CT molecular complexity index is 896. The summed E-state index contributed by atoms with van der Waals surface area (Å²) in [4.78, 5) is 28.0. The highest BCUT2D eigenvalue weighted by Gasteiger charge is 2.31. The minimum Gasteiger partial charge on any atom is -0.484 e. The topological polar surface area (TPSA) is 58.6 Å². The quantitative estimate of drug-likeness (QED) is 0.601. The minimum absolute atomic E-state index is 0.106. The molecule has 0 saturated heterocycles. The van der Waals surface area contributed by atoms with Gasteiger partial charge in [0.2, 0.25) is 5.91 Å². The summed E-state index contributed by atoms with van der Waals surface area (Å²) in [7, 11) is 0. The van der Waals surface area contributed by atoms with Crippen molar-refractivity contribution in [2.24, 2.45) is 0 Å². The Morgan fingerprint density at radius 1 is 1.13 bits per heavy atom. The van der Waals surface area contributed by atoms with Crippen LogP contribution in [0.5, 0.6) is 5.75 Å². The largest absolute Gasteiger partial charge is 0.484 e. The van der Waals surface area contributed by atoms with Crippen LogP contribution in [0, 0.1) is 6.92 Å². The molecule has 2 aromatic rings. The molecule has 1 aliphatic rings. The van der Waals surface area contributed by atoms with Crippen molar-refractivity contribution in [3.05, 3.63) is 64.7 Å². The average Bonchev–Trinajstić information content (AvgIpc) is 3.27. The predicted octanol–water partition coefficient (Wildman–Crippen LogP) is 4.89. The fourth-order valence-corrected chi connectivity index (χ4v) is 4.23. The van der Waals surface area contributed by atoms with Crippen molar-refractivity contribution in [2.45, 2.75) is 64.6 Å². The van der Waals surface area contributed by atoms with Crippen LogP contribution in [-0.4, -0.2) is 35.4 Å². The van der Waals surface area contributed by atoms with Crippen molar-refractivity contribution in [2.75, 3.05) is 6.61 Å². The molecule has 3 rings (SSSR count). The molecule has 166 valence electrons. The molecule has 1 aliphatic carbocycles. The highest BCUT2D eigenvalue weighted by atomic mass is 35.5. The van der Waals surface area contributed by atoms with Gasteiger partial charge in [0.05, 0.1) is 0 Å². The lowest BCUT2D eigenvalue weighted by Gasteiger charge is -2.31. The van der Waals surface area contributed by atoms with Gasteiger partial charge < -0.3 is 15.0 Å². The van der Waals surface area contributed by atoms with Gasteiger partial charge in [0.1, 0.15) is 11.8 Å². The number of nitrogens with one attached hydrogen (secondary N) is 1. The first-order valence-corrected chi connectivity index (χ1v) is 11.4. The molecule has 0 bridgehead atoms. The monoisotopic (exact) mass is 442 g/mol. The van der Waals surface area contributed by atoms with Gasteiger partial charge in [-0.15, -0.1) is 0 Å². The van der Waals surface area contributed by atoms with E-state index in [1.165, 1.54) is 0 Å². The minimum atomic E-state index is -0.579. The maximum atomic E-state index is 13.3. The van der Waals surface area contributed by atoms with Crippen LogP contribution in [0.3, 0.4) is 0 Å². The first-order chi connectivity index (χ1) is 15.0. The maximum Gasteiger partial charge on any atom is 0.261 e. The summed E-state index contributed by atoms with van der Waals surface area (Å²) in [6, 6.07) is 14.6. The summed E-state index contributed by atoms with van der Waals surface area (Å²) in [5, 5.41) is 3.72. The summed E-state index contributed by atoms with van der Waals surface area (Å²) in [5.41, 5.74) is 1.76. The van der Waals surface area contributed by atoms with Crippen molar-refractivity contribution in [3.63, 3.8) is 0 Å². The van der Waals surface area contributed by atoms with Crippen molar-refractivity contribution >= 4 is 23.4 Å². The fourth-order valence-electron chi connectivity index (χ4n) is 4.04. The average molecular weight is 443 g/mol. The van der Waals surface area contributed by atoms with E-state index >= 15 is 0 Å². The Morgan fingerprint density at radius 2 is 1.81 bits per heavy atom. The van der Waals surface area contributed by atoms with Crippen molar-refractivity contribution in [3.8, 4) is 5.75 Å². The number of nitrogens with zero attached hydrogens (tertiary/aromatic N) is 1. The van der Waals surface area contributed by atoms with E-state index in [1.54, 1.807) is 11.0 Å². The van der Waals surface area contributed by atoms with E-state index in [-0.39, 0.29) is 31.0 Å². The van der Waals surface area contributed by atoms with Gasteiger partial charge in [0.25, 0.3) is 5.91 Å². The summed E-state index contributed by atoms with van der Waals surface area (Å²) >= 11 is 6.36. The van der Waals surface area contributed by atoms with Gasteiger partial charge in [-0.25, -0.2) is 0 Å². The number of amides is 2. The molecule has 6 heteroatoms. The second kappa shape index (κ2) is 11.2. The van der Waals surface area contributed by atoms with Gasteiger partial charge in [-0.2, -0.15) is 0 Å². The van der Waals surface area contributed by atoms with Crippen LogP contribution in [0.25, 0.3) is 0 Å². The van der Waals surface area contributed by atoms with Gasteiger partial charge in [-0.1, -0.05) is 67.8 Å². The molecule has 1 saturated carbocycles. The van der Waals surface area contributed by atoms with Gasteiger partial charge >= 0.3 is 0 Å². The number of para-hydroxylation sites is 1. The van der Waals surface area contributed by atoms with E-state index in [2.05, 4.69) is 5.32 Å². The molecule has 0 aromatic heterocycles. The molecule has 1 fully saturated rings. The zero-order valence-electron chi connectivity index (χ0n) is 18.3. The van der Waals surface area contributed by atoms with Crippen molar-refractivity contribution in [1.29, 1.82) is 0 Å². The summed E-state index contributed by atoms with van der Waals surface area (Å²) in [6.45, 7) is 3.98. The molecule has 0 spiro atoms. The molecular formula is C25H31ClN2O3. The van der Waals surface area contributed by atoms with E-state index in [4.69, 9.17) is 16.3 Å². The summed E-state index contributed by atoms with van der Waals surface area (Å²) in [5.74, 6) is 0.319. The van der Waals surface area contributed by atoms with Crippen LogP contribution in [0.4, 0.5) is 0 Å². The first kappa shape index (κ1) is 23.1. The third-order valence-corrected chi connectivity index (χ3v) is 6.20. The summed E-state index contributed by atoms with van der Waals surface area (Å²) in [6.07, 6.45) is 4.77. The van der Waals surface area contributed by atoms with E-state index in [0.717, 1.165) is 36.8 Å². The third kappa shape index (κ3) is 6.23. The Balaban J connectivity index is 1.78. The molecule has 0 radical (unpaired) electrons. The number of rotatable bonds is 9. The van der Waals surface area contributed by atoms with E-state index in [9.17, 15) is 9.59 Å². The van der Waals surface area contributed by atoms with E-state index in [1.807, 2.05) is 56.3 Å². The zero-order valence-corrected chi connectivity index (χ0v) is 19.0. The van der Waals surface area contributed by atoms with Crippen LogP contribution in [-0.2, 0) is 16.1 Å². The summed E-state index contributed by atoms with van der Waals surface area (Å²) < 4.78 is 5.80. The van der Waals surface area contributed by atoms with Gasteiger partial charge in [-0.05, 0) is 49.4 Å². The number of carbonyl (C=O) groups is 2. The van der Waals surface area contributed by atoms with Crippen LogP contribution >= 0.6 is 11.6 Å². The number of benzene rings is 2. The molecular weight excluding hydrogens is 412 g/mol. The molecule has 0 aliphatic heterocycles. The van der Waals surface area contributed by atoms with Crippen LogP contribution in [0.2, 0.25) is 5.02 Å². The fraction of sp³-hybridized carbons (Fsp3) is 0.440. The van der Waals surface area contributed by atoms with Crippen molar-refractivity contribution in [1.82, 2.24) is 10.2 Å². The van der Waals surface area contributed by atoms with E-state index < -0.39 is 6.04 Å². The Kier molecular flexibility index (Phi) is 8.35. The Morgan fingerprint density at radius 3 is 2.48 bits per heavy atom. The molecule has 0 heterocycles. The van der Waals surface area contributed by atoms with Crippen molar-refractivity contribution < 1.29 is 14.3 Å². The molecule has 31 heavy (non-hydrogen) atoms. The molecule has 1 atom stereocenters. The zero-order chi connectivity index (χ0) is 22.2. The lowest BCUT2D eigenvalue weighted by molar-refractivity contribution is -0.143. The third-order valence-electron chi connectivity index (χ3n) is 5.83. The number of hydrogen-bond acceptors (Lipinski definition) is 3. The normalized spacial score (nSPS) is 14.8.